The number of hydrogen-bond donors (Lipinski definition) is 0. The van der Waals surface area contributed by atoms with Crippen molar-refractivity contribution >= 4 is 0 Å². The van der Waals surface area contributed by atoms with Gasteiger partial charge in [0.25, 0.3) is 0 Å². The maximum absolute atomic E-state index is 4.04. The zero-order chi connectivity index (χ0) is 12.2. The Balaban J connectivity index is 1.85. The third kappa shape index (κ3) is 7.95. The molecule has 0 aliphatic heterocycles. The average Bonchev–Trinajstić information content (AvgIpc) is 2.38. The van der Waals surface area contributed by atoms with Crippen LogP contribution in [0.2, 0.25) is 0 Å². The van der Waals surface area contributed by atoms with Gasteiger partial charge in [-0.15, -0.1) is 0 Å². The van der Waals surface area contributed by atoms with Gasteiger partial charge < -0.3 is 0 Å². The molecule has 0 bridgehead atoms. The van der Waals surface area contributed by atoms with Crippen LogP contribution in [0.3, 0.4) is 0 Å². The number of aromatic nitrogens is 1. The fourth-order valence-corrected chi connectivity index (χ4v) is 2.19. The van der Waals surface area contributed by atoms with Crippen molar-refractivity contribution in [3.63, 3.8) is 0 Å². The van der Waals surface area contributed by atoms with Crippen LogP contribution in [-0.2, 0) is 6.42 Å². The van der Waals surface area contributed by atoms with Gasteiger partial charge in [-0.1, -0.05) is 58.3 Å². The number of nitrogens with zero attached hydrogens (tertiary/aromatic N) is 1. The smallest absolute Gasteiger partial charge is 0.0270 e. The second-order valence-corrected chi connectivity index (χ2v) is 4.93. The van der Waals surface area contributed by atoms with Gasteiger partial charge in [0.05, 0.1) is 0 Å². The second-order valence-electron chi connectivity index (χ2n) is 4.93. The summed E-state index contributed by atoms with van der Waals surface area (Å²) < 4.78 is 0. The van der Waals surface area contributed by atoms with Gasteiger partial charge in [-0.2, -0.15) is 0 Å². The second kappa shape index (κ2) is 10.3. The first-order valence-electron chi connectivity index (χ1n) is 7.32. The van der Waals surface area contributed by atoms with Crippen LogP contribution in [0.25, 0.3) is 0 Å². The zero-order valence-electron chi connectivity index (χ0n) is 11.3. The van der Waals surface area contributed by atoms with Crippen molar-refractivity contribution in [2.45, 2.75) is 71.1 Å². The molecule has 1 heterocycles. The standard InChI is InChI=1S/C16H27N/c1-2-3-4-5-6-7-8-9-10-11-16-12-14-17-15-13-16/h12-15H,2-11H2,1H3. The third-order valence-electron chi connectivity index (χ3n) is 3.32. The van der Waals surface area contributed by atoms with Crippen LogP contribution < -0.4 is 0 Å². The molecule has 0 atom stereocenters. The largest absolute Gasteiger partial charge is 0.265 e. The van der Waals surface area contributed by atoms with Crippen molar-refractivity contribution in [2.24, 2.45) is 0 Å². The van der Waals surface area contributed by atoms with Crippen LogP contribution in [0.4, 0.5) is 0 Å². The summed E-state index contributed by atoms with van der Waals surface area (Å²) in [5, 5.41) is 0. The van der Waals surface area contributed by atoms with Crippen LogP contribution in [-0.4, -0.2) is 4.98 Å². The van der Waals surface area contributed by atoms with Gasteiger partial charge in [-0.25, -0.2) is 0 Å². The van der Waals surface area contributed by atoms with E-state index in [-0.39, 0.29) is 0 Å². The molecule has 0 saturated heterocycles. The minimum atomic E-state index is 1.22. The van der Waals surface area contributed by atoms with E-state index in [1.165, 1.54) is 69.8 Å². The minimum Gasteiger partial charge on any atom is -0.265 e. The molecule has 17 heavy (non-hydrogen) atoms. The van der Waals surface area contributed by atoms with E-state index in [0.717, 1.165) is 0 Å². The Morgan fingerprint density at radius 2 is 1.29 bits per heavy atom. The van der Waals surface area contributed by atoms with Crippen LogP contribution in [0.5, 0.6) is 0 Å². The number of rotatable bonds is 10. The molecular formula is C16H27N. The summed E-state index contributed by atoms with van der Waals surface area (Å²) in [4.78, 5) is 4.04. The summed E-state index contributed by atoms with van der Waals surface area (Å²) >= 11 is 0. The number of hydrogen-bond acceptors (Lipinski definition) is 1. The van der Waals surface area contributed by atoms with E-state index < -0.39 is 0 Å². The van der Waals surface area contributed by atoms with Gasteiger partial charge >= 0.3 is 0 Å². The van der Waals surface area contributed by atoms with Crippen LogP contribution in [0.1, 0.15) is 70.3 Å². The highest BCUT2D eigenvalue weighted by Gasteiger charge is 1.94. The molecule has 0 aliphatic carbocycles. The number of unbranched alkanes of at least 4 members (excludes halogenated alkanes) is 8. The lowest BCUT2D eigenvalue weighted by Gasteiger charge is -2.02. The lowest BCUT2D eigenvalue weighted by atomic mass is 10.0. The molecule has 0 saturated carbocycles. The molecule has 1 aromatic rings. The number of pyridine rings is 1. The Kier molecular flexibility index (Phi) is 8.62. The third-order valence-corrected chi connectivity index (χ3v) is 3.32. The van der Waals surface area contributed by atoms with Crippen molar-refractivity contribution in [3.8, 4) is 0 Å². The van der Waals surface area contributed by atoms with E-state index in [4.69, 9.17) is 0 Å². The van der Waals surface area contributed by atoms with Gasteiger partial charge in [0.1, 0.15) is 0 Å². The minimum absolute atomic E-state index is 1.22. The van der Waals surface area contributed by atoms with Crippen molar-refractivity contribution in [2.75, 3.05) is 0 Å². The molecule has 1 rings (SSSR count). The predicted octanol–water partition coefficient (Wildman–Crippen LogP) is 5.15. The fraction of sp³-hybridized carbons (Fsp3) is 0.688. The molecule has 0 aromatic carbocycles. The van der Waals surface area contributed by atoms with E-state index in [2.05, 4.69) is 24.0 Å². The maximum atomic E-state index is 4.04. The Morgan fingerprint density at radius 1 is 0.765 bits per heavy atom. The highest BCUT2D eigenvalue weighted by molar-refractivity contribution is 5.09. The Hall–Kier alpha value is -0.850. The van der Waals surface area contributed by atoms with Gasteiger partial charge in [-0.3, -0.25) is 4.98 Å². The summed E-state index contributed by atoms with van der Waals surface area (Å²) in [7, 11) is 0. The lowest BCUT2D eigenvalue weighted by molar-refractivity contribution is 0.565. The highest BCUT2D eigenvalue weighted by atomic mass is 14.6. The SMILES string of the molecule is CCCCCCCCCCCc1ccncc1. The fourth-order valence-electron chi connectivity index (χ4n) is 2.19. The van der Waals surface area contributed by atoms with Crippen molar-refractivity contribution in [1.29, 1.82) is 0 Å². The van der Waals surface area contributed by atoms with Gasteiger partial charge in [-0.05, 0) is 30.5 Å². The van der Waals surface area contributed by atoms with Crippen LogP contribution >= 0.6 is 0 Å². The van der Waals surface area contributed by atoms with Gasteiger partial charge in [0.2, 0.25) is 0 Å². The number of aryl methyl sites for hydroxylation is 1. The average molecular weight is 233 g/mol. The molecule has 96 valence electrons. The summed E-state index contributed by atoms with van der Waals surface area (Å²) in [5.74, 6) is 0. The molecule has 0 spiro atoms. The summed E-state index contributed by atoms with van der Waals surface area (Å²) in [6, 6.07) is 4.26. The summed E-state index contributed by atoms with van der Waals surface area (Å²) in [6.07, 6.45) is 17.7. The van der Waals surface area contributed by atoms with Crippen molar-refractivity contribution < 1.29 is 0 Å². The normalized spacial score (nSPS) is 10.6. The first-order chi connectivity index (χ1) is 8.43. The van der Waals surface area contributed by atoms with E-state index in [9.17, 15) is 0 Å². The zero-order valence-corrected chi connectivity index (χ0v) is 11.3. The molecule has 0 amide bonds. The highest BCUT2D eigenvalue weighted by Crippen LogP contribution is 2.11. The first kappa shape index (κ1) is 14.2. The van der Waals surface area contributed by atoms with E-state index >= 15 is 0 Å². The molecular weight excluding hydrogens is 206 g/mol. The molecule has 1 nitrogen and oxygen atoms in total. The molecule has 0 radical (unpaired) electrons. The predicted molar refractivity (Wildman–Crippen MR) is 75.2 cm³/mol. The van der Waals surface area contributed by atoms with Crippen LogP contribution in [0.15, 0.2) is 24.5 Å². The lowest BCUT2D eigenvalue weighted by Crippen LogP contribution is -1.86. The molecule has 0 aliphatic rings. The molecule has 0 unspecified atom stereocenters. The van der Waals surface area contributed by atoms with E-state index in [0.29, 0.717) is 0 Å². The quantitative estimate of drug-likeness (QED) is 0.509. The first-order valence-corrected chi connectivity index (χ1v) is 7.32. The monoisotopic (exact) mass is 233 g/mol. The van der Waals surface area contributed by atoms with Crippen molar-refractivity contribution in [3.05, 3.63) is 30.1 Å². The van der Waals surface area contributed by atoms with Gasteiger partial charge in [0.15, 0.2) is 0 Å². The van der Waals surface area contributed by atoms with Gasteiger partial charge in [0, 0.05) is 12.4 Å². The maximum Gasteiger partial charge on any atom is 0.0270 e. The Labute approximate surface area is 107 Å². The summed E-state index contributed by atoms with van der Waals surface area (Å²) in [5.41, 5.74) is 1.43. The summed E-state index contributed by atoms with van der Waals surface area (Å²) in [6.45, 7) is 2.28. The van der Waals surface area contributed by atoms with E-state index in [1.807, 2.05) is 12.4 Å². The van der Waals surface area contributed by atoms with E-state index in [1.54, 1.807) is 0 Å². The molecule has 1 heteroatoms. The Morgan fingerprint density at radius 3 is 1.88 bits per heavy atom. The van der Waals surface area contributed by atoms with Crippen molar-refractivity contribution in [1.82, 2.24) is 4.98 Å². The molecule has 0 N–H and O–H groups in total. The van der Waals surface area contributed by atoms with Crippen LogP contribution in [0, 0.1) is 0 Å². The molecule has 0 fully saturated rings. The Bertz CT molecular complexity index is 255. The topological polar surface area (TPSA) is 12.9 Å². The molecule has 1 aromatic heterocycles.